The van der Waals surface area contributed by atoms with E-state index in [0.717, 1.165) is 25.3 Å². The minimum atomic E-state index is -4.97. The number of methoxy groups -OCH3 is 2. The first-order chi connectivity index (χ1) is 19.4. The van der Waals surface area contributed by atoms with Crippen molar-refractivity contribution in [2.75, 3.05) is 33.1 Å². The fraction of sp³-hybridized carbons (Fsp3) is 0.407. The van der Waals surface area contributed by atoms with Crippen LogP contribution in [0.3, 0.4) is 0 Å². The van der Waals surface area contributed by atoms with Gasteiger partial charge in [0.1, 0.15) is 5.69 Å². The van der Waals surface area contributed by atoms with Gasteiger partial charge < -0.3 is 18.9 Å². The zero-order valence-electron chi connectivity index (χ0n) is 22.5. The number of carbonyl (C=O) groups excluding carboxylic acids is 1. The number of alkyl halides is 3. The summed E-state index contributed by atoms with van der Waals surface area (Å²) in [6, 6.07) is 8.03. The lowest BCUT2D eigenvalue weighted by Crippen LogP contribution is -2.36. The molecule has 14 heteroatoms. The first kappa shape index (κ1) is 30.0. The van der Waals surface area contributed by atoms with Gasteiger partial charge in [0.15, 0.2) is 11.5 Å². The molecule has 10 nitrogen and oxygen atoms in total. The third kappa shape index (κ3) is 7.23. The molecule has 0 aliphatic carbocycles. The summed E-state index contributed by atoms with van der Waals surface area (Å²) in [5.41, 5.74) is -1.53. The Morgan fingerprint density at radius 2 is 1.68 bits per heavy atom. The number of sulfone groups is 1. The lowest BCUT2D eigenvalue weighted by Gasteiger charge is -2.26. The molecule has 0 bridgehead atoms. The number of amides is 1. The third-order valence-corrected chi connectivity index (χ3v) is 8.13. The maximum absolute atomic E-state index is 13.7. The molecule has 3 heterocycles. The molecule has 1 saturated heterocycles. The summed E-state index contributed by atoms with van der Waals surface area (Å²) in [6.07, 6.45) is -1.48. The van der Waals surface area contributed by atoms with Gasteiger partial charge in [0.05, 0.1) is 32.2 Å². The van der Waals surface area contributed by atoms with Crippen molar-refractivity contribution in [2.45, 2.75) is 43.6 Å². The van der Waals surface area contributed by atoms with Crippen molar-refractivity contribution in [2.24, 2.45) is 0 Å². The van der Waals surface area contributed by atoms with Crippen LogP contribution in [0.5, 0.6) is 11.5 Å². The number of hydrogen-bond acceptors (Lipinski definition) is 8. The van der Waals surface area contributed by atoms with E-state index in [1.54, 1.807) is 23.1 Å². The van der Waals surface area contributed by atoms with Crippen molar-refractivity contribution < 1.29 is 35.9 Å². The highest BCUT2D eigenvalue weighted by atomic mass is 32.2. The van der Waals surface area contributed by atoms with Gasteiger partial charge in [0.25, 0.3) is 5.56 Å². The fourth-order valence-corrected chi connectivity index (χ4v) is 5.55. The van der Waals surface area contributed by atoms with Crippen LogP contribution in [0.15, 0.2) is 52.5 Å². The van der Waals surface area contributed by atoms with E-state index in [1.807, 2.05) is 0 Å². The van der Waals surface area contributed by atoms with E-state index in [0.29, 0.717) is 36.2 Å². The van der Waals surface area contributed by atoms with E-state index < -0.39 is 44.6 Å². The Labute approximate surface area is 234 Å². The van der Waals surface area contributed by atoms with E-state index in [4.69, 9.17) is 9.47 Å². The third-order valence-electron chi connectivity index (χ3n) is 6.65. The second kappa shape index (κ2) is 12.3. The van der Waals surface area contributed by atoms with Gasteiger partial charge in [-0.05, 0) is 49.1 Å². The standard InChI is InChI=1S/C27H29F3N4O6S/c1-39-21-8-6-18(14-22(21)40-2)16-34-17-19(7-9-24(34)35)20-15-23(27(28,29)30)32-26(31-20)41(37,38)13-10-25(36)33-11-4-3-5-12-33/h6-9,14-15,17H,3-5,10-13,16H2,1-2H3. The Kier molecular flexibility index (Phi) is 9.00. The summed E-state index contributed by atoms with van der Waals surface area (Å²) in [4.78, 5) is 33.8. The molecule has 1 aliphatic heterocycles. The molecule has 0 radical (unpaired) electrons. The van der Waals surface area contributed by atoms with Crippen LogP contribution in [0.2, 0.25) is 0 Å². The number of likely N-dealkylation sites (tertiary alicyclic amines) is 1. The Morgan fingerprint density at radius 3 is 2.34 bits per heavy atom. The van der Waals surface area contributed by atoms with E-state index >= 15 is 0 Å². The smallest absolute Gasteiger partial charge is 0.433 e. The first-order valence-corrected chi connectivity index (χ1v) is 14.4. The molecule has 1 fully saturated rings. The van der Waals surface area contributed by atoms with Gasteiger partial charge in [0.2, 0.25) is 20.9 Å². The van der Waals surface area contributed by atoms with Crippen molar-refractivity contribution in [3.8, 4) is 22.8 Å². The van der Waals surface area contributed by atoms with E-state index in [2.05, 4.69) is 9.97 Å². The summed E-state index contributed by atoms with van der Waals surface area (Å²) >= 11 is 0. The number of ether oxygens (including phenoxy) is 2. The lowest BCUT2D eigenvalue weighted by molar-refractivity contribution is -0.141. The maximum Gasteiger partial charge on any atom is 0.433 e. The topological polar surface area (TPSA) is 121 Å². The summed E-state index contributed by atoms with van der Waals surface area (Å²) in [5, 5.41) is -1.04. The van der Waals surface area contributed by atoms with Gasteiger partial charge in [-0.3, -0.25) is 9.59 Å². The number of rotatable bonds is 9. The zero-order valence-corrected chi connectivity index (χ0v) is 23.3. The van der Waals surface area contributed by atoms with Crippen LogP contribution in [0, 0.1) is 0 Å². The van der Waals surface area contributed by atoms with Crippen molar-refractivity contribution in [3.05, 3.63) is 64.2 Å². The molecular weight excluding hydrogens is 565 g/mol. The minimum Gasteiger partial charge on any atom is -0.493 e. The molecule has 0 spiro atoms. The molecule has 4 rings (SSSR count). The highest BCUT2D eigenvalue weighted by Gasteiger charge is 2.35. The SMILES string of the molecule is COc1ccc(Cn2cc(-c3cc(C(F)(F)F)nc(S(=O)(=O)CCC(=O)N4CCCCC4)n3)ccc2=O)cc1OC. The molecule has 1 amide bonds. The molecule has 0 saturated carbocycles. The number of aromatic nitrogens is 3. The number of pyridine rings is 1. The summed E-state index contributed by atoms with van der Waals surface area (Å²) < 4.78 is 79.0. The van der Waals surface area contributed by atoms with Gasteiger partial charge in [-0.25, -0.2) is 18.4 Å². The van der Waals surface area contributed by atoms with Gasteiger partial charge >= 0.3 is 6.18 Å². The Hall–Kier alpha value is -3.94. The van der Waals surface area contributed by atoms with Gasteiger partial charge in [-0.2, -0.15) is 13.2 Å². The van der Waals surface area contributed by atoms with E-state index in [1.165, 1.54) is 31.0 Å². The van der Waals surface area contributed by atoms with Gasteiger partial charge in [-0.1, -0.05) is 6.07 Å². The van der Waals surface area contributed by atoms with E-state index in [-0.39, 0.29) is 23.7 Å². The number of halogens is 3. The predicted molar refractivity (Wildman–Crippen MR) is 142 cm³/mol. The highest BCUT2D eigenvalue weighted by molar-refractivity contribution is 7.91. The lowest BCUT2D eigenvalue weighted by atomic mass is 10.1. The second-order valence-corrected chi connectivity index (χ2v) is 11.5. The number of hydrogen-bond donors (Lipinski definition) is 0. The summed E-state index contributed by atoms with van der Waals surface area (Å²) in [6.45, 7) is 1.07. The average molecular weight is 595 g/mol. The van der Waals surface area contributed by atoms with Crippen LogP contribution in [0.4, 0.5) is 13.2 Å². The molecule has 1 aromatic carbocycles. The molecule has 0 atom stereocenters. The van der Waals surface area contributed by atoms with Crippen molar-refractivity contribution in [1.29, 1.82) is 0 Å². The minimum absolute atomic E-state index is 0.0357. The van der Waals surface area contributed by atoms with Crippen molar-refractivity contribution in [3.63, 3.8) is 0 Å². The van der Waals surface area contributed by atoms with Crippen LogP contribution in [-0.2, 0) is 27.4 Å². The average Bonchev–Trinajstić information content (AvgIpc) is 2.96. The van der Waals surface area contributed by atoms with Crippen LogP contribution in [0.25, 0.3) is 11.3 Å². The normalized spacial score (nSPS) is 14.1. The maximum atomic E-state index is 13.7. The molecule has 3 aromatic rings. The van der Waals surface area contributed by atoms with Crippen molar-refractivity contribution >= 4 is 15.7 Å². The molecule has 0 N–H and O–H groups in total. The fourth-order valence-electron chi connectivity index (χ4n) is 4.45. The summed E-state index contributed by atoms with van der Waals surface area (Å²) in [7, 11) is -1.52. The second-order valence-electron chi connectivity index (χ2n) is 9.50. The molecular formula is C27H29F3N4O6S. The van der Waals surface area contributed by atoms with Crippen LogP contribution in [-0.4, -0.2) is 66.8 Å². The Balaban J connectivity index is 1.66. The monoisotopic (exact) mass is 594 g/mol. The molecule has 2 aromatic heterocycles. The van der Waals surface area contributed by atoms with Crippen LogP contribution < -0.4 is 15.0 Å². The Bertz CT molecular complexity index is 1580. The number of piperidine rings is 1. The molecule has 0 unspecified atom stereocenters. The predicted octanol–water partition coefficient (Wildman–Crippen LogP) is 3.57. The number of carbonyl (C=O) groups is 1. The van der Waals surface area contributed by atoms with E-state index in [9.17, 15) is 31.2 Å². The van der Waals surface area contributed by atoms with Crippen molar-refractivity contribution in [1.82, 2.24) is 19.4 Å². The largest absolute Gasteiger partial charge is 0.493 e. The number of nitrogens with zero attached hydrogens (tertiary/aromatic N) is 4. The van der Waals surface area contributed by atoms with Gasteiger partial charge in [0, 0.05) is 37.3 Å². The molecule has 220 valence electrons. The van der Waals surface area contributed by atoms with Crippen LogP contribution in [0.1, 0.15) is 36.9 Å². The highest BCUT2D eigenvalue weighted by Crippen LogP contribution is 2.31. The quantitative estimate of drug-likeness (QED) is 0.345. The zero-order chi connectivity index (χ0) is 29.8. The number of benzene rings is 1. The molecule has 1 aliphatic rings. The van der Waals surface area contributed by atoms with Crippen LogP contribution >= 0.6 is 0 Å². The molecule has 41 heavy (non-hydrogen) atoms. The van der Waals surface area contributed by atoms with Gasteiger partial charge in [-0.15, -0.1) is 0 Å². The Morgan fingerprint density at radius 1 is 0.976 bits per heavy atom. The first-order valence-electron chi connectivity index (χ1n) is 12.8. The summed E-state index contributed by atoms with van der Waals surface area (Å²) in [5.74, 6) is -0.220.